The highest BCUT2D eigenvalue weighted by molar-refractivity contribution is 9.10. The molecule has 0 aromatic heterocycles. The number of nitro groups is 1. The smallest absolute Gasteiger partial charge is 0.273 e. The third-order valence-corrected chi connectivity index (χ3v) is 3.57. The van der Waals surface area contributed by atoms with E-state index in [0.717, 1.165) is 21.4 Å². The van der Waals surface area contributed by atoms with Crippen molar-refractivity contribution >= 4 is 38.7 Å². The van der Waals surface area contributed by atoms with Crippen LogP contribution in [-0.2, 0) is 0 Å². The van der Waals surface area contributed by atoms with Crippen molar-refractivity contribution in [1.82, 2.24) is 0 Å². The molecule has 5 nitrogen and oxygen atoms in total. The Morgan fingerprint density at radius 3 is 2.52 bits per heavy atom. The molecule has 0 spiro atoms. The molecule has 0 aliphatic heterocycles. The summed E-state index contributed by atoms with van der Waals surface area (Å²) in [6.45, 7) is 4.66. The highest BCUT2D eigenvalue weighted by Crippen LogP contribution is 2.30. The molecule has 2 aromatic rings. The fraction of sp³-hybridized carbons (Fsp3) is 0.200. The highest BCUT2D eigenvalue weighted by atomic mass is 79.9. The molecule has 0 atom stereocenters. The van der Waals surface area contributed by atoms with Gasteiger partial charge in [0.05, 0.1) is 10.6 Å². The molecule has 2 rings (SSSR count). The SMILES string of the molecule is CCNc1cc(Nc2ccc(C)cc2Br)cc([N+](=O)[O-])c1. The van der Waals surface area contributed by atoms with Crippen molar-refractivity contribution in [2.75, 3.05) is 17.2 Å². The van der Waals surface area contributed by atoms with E-state index < -0.39 is 4.92 Å². The highest BCUT2D eigenvalue weighted by Gasteiger charge is 2.10. The van der Waals surface area contributed by atoms with Crippen LogP contribution in [0.2, 0.25) is 0 Å². The monoisotopic (exact) mass is 349 g/mol. The summed E-state index contributed by atoms with van der Waals surface area (Å²) in [5.74, 6) is 0. The molecule has 21 heavy (non-hydrogen) atoms. The third-order valence-electron chi connectivity index (χ3n) is 2.91. The molecule has 0 unspecified atom stereocenters. The van der Waals surface area contributed by atoms with E-state index in [1.54, 1.807) is 0 Å². The van der Waals surface area contributed by atoms with Crippen LogP contribution in [0, 0.1) is 17.0 Å². The lowest BCUT2D eigenvalue weighted by Crippen LogP contribution is -2.00. The van der Waals surface area contributed by atoms with Gasteiger partial charge >= 0.3 is 0 Å². The van der Waals surface area contributed by atoms with Crippen molar-refractivity contribution in [3.8, 4) is 0 Å². The number of hydrogen-bond donors (Lipinski definition) is 2. The molecule has 0 saturated carbocycles. The molecule has 2 aromatic carbocycles. The number of non-ortho nitro benzene ring substituents is 1. The molecule has 0 heterocycles. The summed E-state index contributed by atoms with van der Waals surface area (Å²) < 4.78 is 0.916. The van der Waals surface area contributed by atoms with Gasteiger partial charge in [-0.1, -0.05) is 6.07 Å². The summed E-state index contributed by atoms with van der Waals surface area (Å²) in [4.78, 5) is 10.6. The van der Waals surface area contributed by atoms with Gasteiger partial charge in [-0.15, -0.1) is 0 Å². The minimum atomic E-state index is -0.393. The Labute approximate surface area is 131 Å². The van der Waals surface area contributed by atoms with Gasteiger partial charge in [-0.3, -0.25) is 10.1 Å². The van der Waals surface area contributed by atoms with Gasteiger partial charge < -0.3 is 10.6 Å². The zero-order chi connectivity index (χ0) is 15.4. The molecular formula is C15H16BrN3O2. The molecule has 6 heteroatoms. The van der Waals surface area contributed by atoms with E-state index in [4.69, 9.17) is 0 Å². The maximum absolute atomic E-state index is 11.0. The standard InChI is InChI=1S/C15H16BrN3O2/c1-3-17-11-7-12(9-13(8-11)19(20)21)18-15-5-4-10(2)6-14(15)16/h4-9,17-18H,3H2,1-2H3. The second kappa shape index (κ2) is 6.58. The summed E-state index contributed by atoms with van der Waals surface area (Å²) in [6.07, 6.45) is 0. The predicted octanol–water partition coefficient (Wildman–Crippen LogP) is 4.84. The van der Waals surface area contributed by atoms with Crippen molar-refractivity contribution < 1.29 is 4.92 Å². The lowest BCUT2D eigenvalue weighted by Gasteiger charge is -2.11. The number of nitro benzene ring substituents is 1. The first kappa shape index (κ1) is 15.3. The quantitative estimate of drug-likeness (QED) is 0.598. The molecule has 0 aliphatic carbocycles. The summed E-state index contributed by atoms with van der Waals surface area (Å²) in [5, 5.41) is 17.3. The summed E-state index contributed by atoms with van der Waals surface area (Å²) in [6, 6.07) is 10.8. The van der Waals surface area contributed by atoms with E-state index in [9.17, 15) is 10.1 Å². The van der Waals surface area contributed by atoms with Crippen LogP contribution in [-0.4, -0.2) is 11.5 Å². The van der Waals surface area contributed by atoms with Gasteiger partial charge in [0.1, 0.15) is 0 Å². The molecule has 0 aliphatic rings. The van der Waals surface area contributed by atoms with Crippen LogP contribution < -0.4 is 10.6 Å². The first-order chi connectivity index (χ1) is 9.99. The van der Waals surface area contributed by atoms with Crippen LogP contribution >= 0.6 is 15.9 Å². The van der Waals surface area contributed by atoms with Crippen molar-refractivity contribution in [2.45, 2.75) is 13.8 Å². The van der Waals surface area contributed by atoms with Crippen LogP contribution in [0.4, 0.5) is 22.7 Å². The normalized spacial score (nSPS) is 10.2. The largest absolute Gasteiger partial charge is 0.385 e. The van der Waals surface area contributed by atoms with Crippen LogP contribution in [0.5, 0.6) is 0 Å². The Kier molecular flexibility index (Phi) is 4.80. The van der Waals surface area contributed by atoms with Crippen molar-refractivity contribution in [1.29, 1.82) is 0 Å². The number of hydrogen-bond acceptors (Lipinski definition) is 4. The zero-order valence-corrected chi connectivity index (χ0v) is 13.4. The molecular weight excluding hydrogens is 334 g/mol. The molecule has 110 valence electrons. The van der Waals surface area contributed by atoms with E-state index in [2.05, 4.69) is 26.6 Å². The first-order valence-electron chi connectivity index (χ1n) is 6.56. The number of benzene rings is 2. The summed E-state index contributed by atoms with van der Waals surface area (Å²) >= 11 is 3.49. The number of aryl methyl sites for hydroxylation is 1. The van der Waals surface area contributed by atoms with Gasteiger partial charge in [0.25, 0.3) is 5.69 Å². The lowest BCUT2D eigenvalue weighted by molar-refractivity contribution is -0.384. The van der Waals surface area contributed by atoms with Gasteiger partial charge in [-0.05, 0) is 53.5 Å². The fourth-order valence-corrected chi connectivity index (χ4v) is 2.56. The number of halogens is 1. The fourth-order valence-electron chi connectivity index (χ4n) is 1.97. The maximum atomic E-state index is 11.0. The first-order valence-corrected chi connectivity index (χ1v) is 7.35. The van der Waals surface area contributed by atoms with Crippen LogP contribution in [0.25, 0.3) is 0 Å². The summed E-state index contributed by atoms with van der Waals surface area (Å²) in [7, 11) is 0. The van der Waals surface area contributed by atoms with Crippen LogP contribution in [0.3, 0.4) is 0 Å². The van der Waals surface area contributed by atoms with E-state index in [1.807, 2.05) is 38.1 Å². The topological polar surface area (TPSA) is 67.2 Å². The van der Waals surface area contributed by atoms with Gasteiger partial charge in [0.15, 0.2) is 0 Å². The Hall–Kier alpha value is -2.08. The number of anilines is 3. The third kappa shape index (κ3) is 3.95. The van der Waals surface area contributed by atoms with Crippen molar-refractivity contribution in [3.63, 3.8) is 0 Å². The Balaban J connectivity index is 2.36. The Morgan fingerprint density at radius 1 is 1.19 bits per heavy atom. The number of nitrogens with zero attached hydrogens (tertiary/aromatic N) is 1. The number of rotatable bonds is 5. The molecule has 0 amide bonds. The Bertz CT molecular complexity index is 674. The van der Waals surface area contributed by atoms with Gasteiger partial charge in [-0.25, -0.2) is 0 Å². The van der Waals surface area contributed by atoms with Gasteiger partial charge in [0, 0.05) is 34.5 Å². The van der Waals surface area contributed by atoms with E-state index >= 15 is 0 Å². The minimum Gasteiger partial charge on any atom is -0.385 e. The van der Waals surface area contributed by atoms with Crippen LogP contribution in [0.1, 0.15) is 12.5 Å². The average molecular weight is 350 g/mol. The van der Waals surface area contributed by atoms with E-state index in [-0.39, 0.29) is 5.69 Å². The molecule has 0 bridgehead atoms. The minimum absolute atomic E-state index is 0.0548. The van der Waals surface area contributed by atoms with Gasteiger partial charge in [-0.2, -0.15) is 0 Å². The lowest BCUT2D eigenvalue weighted by atomic mass is 10.2. The van der Waals surface area contributed by atoms with Crippen LogP contribution in [0.15, 0.2) is 40.9 Å². The maximum Gasteiger partial charge on any atom is 0.273 e. The van der Waals surface area contributed by atoms with Crippen molar-refractivity contribution in [3.05, 3.63) is 56.5 Å². The second-order valence-corrected chi connectivity index (χ2v) is 5.52. The van der Waals surface area contributed by atoms with E-state index in [0.29, 0.717) is 12.2 Å². The van der Waals surface area contributed by atoms with Crippen molar-refractivity contribution in [2.24, 2.45) is 0 Å². The molecule has 0 saturated heterocycles. The predicted molar refractivity (Wildman–Crippen MR) is 89.4 cm³/mol. The van der Waals surface area contributed by atoms with E-state index in [1.165, 1.54) is 12.1 Å². The second-order valence-electron chi connectivity index (χ2n) is 4.66. The zero-order valence-electron chi connectivity index (χ0n) is 11.8. The molecule has 0 fully saturated rings. The van der Waals surface area contributed by atoms with Gasteiger partial charge in [0.2, 0.25) is 0 Å². The Morgan fingerprint density at radius 2 is 1.90 bits per heavy atom. The summed E-state index contributed by atoms with van der Waals surface area (Å²) in [5.41, 5.74) is 3.45. The molecule has 0 radical (unpaired) electrons. The number of nitrogens with one attached hydrogen (secondary N) is 2. The molecule has 2 N–H and O–H groups in total. The average Bonchev–Trinajstić information content (AvgIpc) is 2.42.